The Labute approximate surface area is 118 Å². The molecule has 2 heterocycles. The number of aromatic amines is 1. The minimum atomic E-state index is -0.355. The molecule has 0 bridgehead atoms. The number of ether oxygens (including phenoxy) is 1. The molecule has 4 heteroatoms. The fourth-order valence-electron chi connectivity index (χ4n) is 2.93. The van der Waals surface area contributed by atoms with Crippen LogP contribution in [0.25, 0.3) is 10.9 Å². The molecule has 106 valence electrons. The number of nitrogens with one attached hydrogen (secondary N) is 1. The lowest BCUT2D eigenvalue weighted by atomic mass is 10.0. The molecule has 4 nitrogen and oxygen atoms in total. The summed E-state index contributed by atoms with van der Waals surface area (Å²) in [4.78, 5) is 17.7. The van der Waals surface area contributed by atoms with Gasteiger partial charge in [-0.3, -0.25) is 4.79 Å². The van der Waals surface area contributed by atoms with E-state index in [0.29, 0.717) is 13.2 Å². The van der Waals surface area contributed by atoms with Gasteiger partial charge in [0.2, 0.25) is 0 Å². The second-order valence-corrected chi connectivity index (χ2v) is 5.24. The Morgan fingerprint density at radius 1 is 1.45 bits per heavy atom. The van der Waals surface area contributed by atoms with Crippen LogP contribution < -0.4 is 0 Å². The number of amides is 1. The van der Waals surface area contributed by atoms with Crippen LogP contribution in [0, 0.1) is 0 Å². The molecule has 0 aliphatic carbocycles. The molecule has 0 saturated heterocycles. The number of carbonyl (C=O) groups excluding carboxylic acids is 1. The molecule has 1 aromatic carbocycles. The van der Waals surface area contributed by atoms with Crippen molar-refractivity contribution in [2.24, 2.45) is 0 Å². The Morgan fingerprint density at radius 3 is 3.05 bits per heavy atom. The first-order valence-corrected chi connectivity index (χ1v) is 7.19. The highest BCUT2D eigenvalue weighted by Gasteiger charge is 2.26. The van der Waals surface area contributed by atoms with Crippen molar-refractivity contribution in [3.63, 3.8) is 0 Å². The summed E-state index contributed by atoms with van der Waals surface area (Å²) in [7, 11) is 0. The van der Waals surface area contributed by atoms with Gasteiger partial charge in [0.05, 0.1) is 0 Å². The highest BCUT2D eigenvalue weighted by molar-refractivity contribution is 5.86. The van der Waals surface area contributed by atoms with E-state index >= 15 is 0 Å². The first-order valence-electron chi connectivity index (χ1n) is 7.19. The smallest absolute Gasteiger partial charge is 0.251 e. The fourth-order valence-corrected chi connectivity index (χ4v) is 2.93. The van der Waals surface area contributed by atoms with Crippen molar-refractivity contribution in [1.29, 1.82) is 0 Å². The van der Waals surface area contributed by atoms with E-state index in [1.807, 2.05) is 30.9 Å². The van der Waals surface area contributed by atoms with E-state index in [0.717, 1.165) is 18.5 Å². The van der Waals surface area contributed by atoms with Gasteiger partial charge in [-0.2, -0.15) is 0 Å². The second-order valence-electron chi connectivity index (χ2n) is 5.24. The van der Waals surface area contributed by atoms with E-state index in [9.17, 15) is 4.79 Å². The van der Waals surface area contributed by atoms with E-state index in [4.69, 9.17) is 4.74 Å². The molecule has 3 rings (SSSR count). The molecule has 0 fully saturated rings. The Kier molecular flexibility index (Phi) is 3.49. The lowest BCUT2D eigenvalue weighted by Crippen LogP contribution is -2.42. The quantitative estimate of drug-likeness (QED) is 0.933. The maximum atomic E-state index is 12.3. The van der Waals surface area contributed by atoms with Crippen molar-refractivity contribution >= 4 is 16.8 Å². The van der Waals surface area contributed by atoms with Crippen LogP contribution in [0.1, 0.15) is 25.1 Å². The van der Waals surface area contributed by atoms with E-state index in [2.05, 4.69) is 17.1 Å². The highest BCUT2D eigenvalue weighted by Crippen LogP contribution is 2.27. The molecule has 1 aliphatic rings. The zero-order valence-corrected chi connectivity index (χ0v) is 12.0. The van der Waals surface area contributed by atoms with Crippen molar-refractivity contribution in [1.82, 2.24) is 9.88 Å². The number of rotatable bonds is 3. The average molecular weight is 272 g/mol. The molecule has 1 atom stereocenters. The number of para-hydroxylation sites is 1. The number of fused-ring (bicyclic) bond motifs is 3. The van der Waals surface area contributed by atoms with Crippen LogP contribution in [-0.2, 0) is 22.5 Å². The highest BCUT2D eigenvalue weighted by atomic mass is 16.5. The van der Waals surface area contributed by atoms with Crippen molar-refractivity contribution in [2.75, 3.05) is 13.2 Å². The van der Waals surface area contributed by atoms with Gasteiger partial charge >= 0.3 is 0 Å². The van der Waals surface area contributed by atoms with Crippen molar-refractivity contribution in [3.05, 3.63) is 35.5 Å². The summed E-state index contributed by atoms with van der Waals surface area (Å²) in [5, 5.41) is 1.23. The number of hydrogen-bond donors (Lipinski definition) is 1. The Morgan fingerprint density at radius 2 is 2.25 bits per heavy atom. The van der Waals surface area contributed by atoms with Crippen molar-refractivity contribution < 1.29 is 9.53 Å². The molecular formula is C16H20N2O2. The minimum Gasteiger partial charge on any atom is -0.369 e. The maximum absolute atomic E-state index is 12.3. The third-order valence-electron chi connectivity index (χ3n) is 3.96. The summed E-state index contributed by atoms with van der Waals surface area (Å²) in [5.74, 6) is 0.0859. The number of nitrogens with zero attached hydrogens (tertiary/aromatic N) is 1. The zero-order valence-electron chi connectivity index (χ0n) is 12.0. The standard InChI is InChI=1S/C16H20N2O2/c1-3-20-11(2)16(19)18-9-8-15-13(10-18)12-6-4-5-7-14(12)17-15/h4-7,11,17H,3,8-10H2,1-2H3. The topological polar surface area (TPSA) is 45.3 Å². The first kappa shape index (κ1) is 13.2. The summed E-state index contributed by atoms with van der Waals surface area (Å²) >= 11 is 0. The predicted molar refractivity (Wildman–Crippen MR) is 78.5 cm³/mol. The van der Waals surface area contributed by atoms with Gasteiger partial charge < -0.3 is 14.6 Å². The van der Waals surface area contributed by atoms with Crippen LogP contribution in [0.15, 0.2) is 24.3 Å². The SMILES string of the molecule is CCOC(C)C(=O)N1CCc2[nH]c3ccccc3c2C1. The lowest BCUT2D eigenvalue weighted by molar-refractivity contribution is -0.143. The van der Waals surface area contributed by atoms with Crippen molar-refractivity contribution in [2.45, 2.75) is 32.9 Å². The van der Waals surface area contributed by atoms with Gasteiger partial charge in [0.1, 0.15) is 6.10 Å². The number of aromatic nitrogens is 1. The largest absolute Gasteiger partial charge is 0.369 e. The Bertz CT molecular complexity index is 632. The normalized spacial score (nSPS) is 16.2. The van der Waals surface area contributed by atoms with Crippen LogP contribution in [0.4, 0.5) is 0 Å². The maximum Gasteiger partial charge on any atom is 0.251 e. The molecule has 0 spiro atoms. The molecule has 2 aromatic rings. The van der Waals surface area contributed by atoms with E-state index in [-0.39, 0.29) is 12.0 Å². The van der Waals surface area contributed by atoms with Crippen LogP contribution in [0.2, 0.25) is 0 Å². The number of carbonyl (C=O) groups is 1. The molecule has 1 N–H and O–H groups in total. The summed E-state index contributed by atoms with van der Waals surface area (Å²) in [5.41, 5.74) is 3.67. The minimum absolute atomic E-state index is 0.0859. The van der Waals surface area contributed by atoms with Gasteiger partial charge in [-0.05, 0) is 19.9 Å². The van der Waals surface area contributed by atoms with Crippen LogP contribution in [0.5, 0.6) is 0 Å². The van der Waals surface area contributed by atoms with Gasteiger partial charge in [0.25, 0.3) is 5.91 Å². The van der Waals surface area contributed by atoms with E-state index < -0.39 is 0 Å². The van der Waals surface area contributed by atoms with Gasteiger partial charge in [0, 0.05) is 48.3 Å². The van der Waals surface area contributed by atoms with Gasteiger partial charge in [-0.25, -0.2) is 0 Å². The first-order chi connectivity index (χ1) is 9.70. The summed E-state index contributed by atoms with van der Waals surface area (Å²) in [6.45, 7) is 5.75. The van der Waals surface area contributed by atoms with Crippen LogP contribution in [0.3, 0.4) is 0 Å². The number of hydrogen-bond acceptors (Lipinski definition) is 2. The van der Waals surface area contributed by atoms with E-state index in [1.54, 1.807) is 0 Å². The second kappa shape index (κ2) is 5.29. The fraction of sp³-hybridized carbons (Fsp3) is 0.438. The third-order valence-corrected chi connectivity index (χ3v) is 3.96. The number of H-pyrrole nitrogens is 1. The Hall–Kier alpha value is -1.81. The van der Waals surface area contributed by atoms with E-state index in [1.165, 1.54) is 16.6 Å². The average Bonchev–Trinajstić information content (AvgIpc) is 2.84. The molecule has 1 aliphatic heterocycles. The van der Waals surface area contributed by atoms with Gasteiger partial charge in [-0.1, -0.05) is 18.2 Å². The van der Waals surface area contributed by atoms with Crippen molar-refractivity contribution in [3.8, 4) is 0 Å². The molecule has 1 aromatic heterocycles. The van der Waals surface area contributed by atoms with Gasteiger partial charge in [0.15, 0.2) is 0 Å². The number of benzene rings is 1. The summed E-state index contributed by atoms with van der Waals surface area (Å²) in [6, 6.07) is 8.28. The Balaban J connectivity index is 1.86. The molecule has 0 radical (unpaired) electrons. The zero-order chi connectivity index (χ0) is 14.1. The van der Waals surface area contributed by atoms with Crippen LogP contribution in [-0.4, -0.2) is 35.0 Å². The molecule has 0 saturated carbocycles. The predicted octanol–water partition coefficient (Wildman–Crippen LogP) is 2.48. The summed E-state index contributed by atoms with van der Waals surface area (Å²) < 4.78 is 5.41. The molecule has 20 heavy (non-hydrogen) atoms. The molecule has 1 amide bonds. The lowest BCUT2D eigenvalue weighted by Gasteiger charge is -2.29. The summed E-state index contributed by atoms with van der Waals surface area (Å²) in [6.07, 6.45) is 0.529. The monoisotopic (exact) mass is 272 g/mol. The van der Waals surface area contributed by atoms with Gasteiger partial charge in [-0.15, -0.1) is 0 Å². The molecule has 1 unspecified atom stereocenters. The van der Waals surface area contributed by atoms with Crippen LogP contribution >= 0.6 is 0 Å². The third kappa shape index (κ3) is 2.20. The molecular weight excluding hydrogens is 252 g/mol.